The minimum atomic E-state index is -0.702. The van der Waals surface area contributed by atoms with Gasteiger partial charge in [-0.05, 0) is 49.4 Å². The number of benzene rings is 1. The van der Waals surface area contributed by atoms with Gasteiger partial charge in [0.15, 0.2) is 0 Å². The first-order valence-corrected chi connectivity index (χ1v) is 15.3. The molecule has 5 heterocycles. The van der Waals surface area contributed by atoms with Gasteiger partial charge in [-0.25, -0.2) is 24.9 Å². The van der Waals surface area contributed by atoms with Crippen LogP contribution in [0.2, 0.25) is 0 Å². The number of ketones is 1. The Hall–Kier alpha value is -4.25. The molecule has 2 N–H and O–H groups in total. The average Bonchev–Trinajstić information content (AvgIpc) is 3.64. The number of anilines is 1. The minimum absolute atomic E-state index is 0.186. The van der Waals surface area contributed by atoms with E-state index in [-0.39, 0.29) is 5.78 Å². The SMILES string of the molecule is CCCC(=O)Cc1nc2cc(-c3cnc(N4CCC(CCC)(C(=O)O)CC4)nc3)cc(-c3ncnc4[nH]ccc34)c2s1. The van der Waals surface area contributed by atoms with Crippen LogP contribution in [-0.4, -0.2) is 59.9 Å². The van der Waals surface area contributed by atoms with Crippen LogP contribution in [0.3, 0.4) is 0 Å². The number of carbonyl (C=O) groups is 2. The molecule has 4 aromatic heterocycles. The van der Waals surface area contributed by atoms with Crippen molar-refractivity contribution >= 4 is 50.3 Å². The van der Waals surface area contributed by atoms with Crippen molar-refractivity contribution in [2.24, 2.45) is 5.41 Å². The number of Topliss-reactive ketones (excluding diaryl/α,β-unsaturated/α-hetero) is 1. The molecule has 0 aliphatic carbocycles. The average molecular weight is 584 g/mol. The van der Waals surface area contributed by atoms with E-state index in [1.807, 2.05) is 44.6 Å². The Labute approximate surface area is 247 Å². The second-order valence-corrected chi connectivity index (χ2v) is 12.1. The smallest absolute Gasteiger partial charge is 0.309 e. The van der Waals surface area contributed by atoms with Crippen molar-refractivity contribution in [3.8, 4) is 22.4 Å². The predicted molar refractivity (Wildman–Crippen MR) is 164 cm³/mol. The number of thiazole rings is 1. The zero-order valence-corrected chi connectivity index (χ0v) is 24.6. The molecule has 216 valence electrons. The lowest BCUT2D eigenvalue weighted by Gasteiger charge is -2.38. The lowest BCUT2D eigenvalue weighted by atomic mass is 9.75. The second kappa shape index (κ2) is 11.6. The van der Waals surface area contributed by atoms with Crippen LogP contribution >= 0.6 is 11.3 Å². The maximum Gasteiger partial charge on any atom is 0.309 e. The lowest BCUT2D eigenvalue weighted by Crippen LogP contribution is -2.45. The zero-order chi connectivity index (χ0) is 29.3. The monoisotopic (exact) mass is 583 g/mol. The third kappa shape index (κ3) is 5.24. The Morgan fingerprint density at radius 2 is 1.83 bits per heavy atom. The molecule has 42 heavy (non-hydrogen) atoms. The van der Waals surface area contributed by atoms with Crippen LogP contribution in [-0.2, 0) is 16.0 Å². The summed E-state index contributed by atoms with van der Waals surface area (Å²) in [6.07, 6.45) is 11.4. The maximum absolute atomic E-state index is 12.4. The number of nitrogens with one attached hydrogen (secondary N) is 1. The van der Waals surface area contributed by atoms with Crippen molar-refractivity contribution in [2.45, 2.75) is 58.8 Å². The molecule has 6 rings (SSSR count). The third-order valence-corrected chi connectivity index (χ3v) is 9.28. The largest absolute Gasteiger partial charge is 0.481 e. The van der Waals surface area contributed by atoms with Crippen LogP contribution in [0, 0.1) is 5.41 Å². The highest BCUT2D eigenvalue weighted by molar-refractivity contribution is 7.19. The van der Waals surface area contributed by atoms with Crippen molar-refractivity contribution < 1.29 is 14.7 Å². The van der Waals surface area contributed by atoms with Crippen LogP contribution in [0.5, 0.6) is 0 Å². The molecule has 5 aromatic rings. The van der Waals surface area contributed by atoms with E-state index in [9.17, 15) is 14.7 Å². The van der Waals surface area contributed by atoms with Crippen LogP contribution in [0.4, 0.5) is 5.95 Å². The van der Waals surface area contributed by atoms with Crippen LogP contribution in [0.25, 0.3) is 43.6 Å². The summed E-state index contributed by atoms with van der Waals surface area (Å²) in [5.41, 5.74) is 4.34. The molecule has 1 aliphatic rings. The number of carboxylic acids is 1. The molecule has 0 unspecified atom stereocenters. The van der Waals surface area contributed by atoms with E-state index in [1.54, 1.807) is 6.33 Å². The fourth-order valence-corrected chi connectivity index (χ4v) is 7.03. The number of hydrogen-bond donors (Lipinski definition) is 2. The second-order valence-electron chi connectivity index (χ2n) is 11.0. The van der Waals surface area contributed by atoms with Crippen molar-refractivity contribution in [1.29, 1.82) is 0 Å². The summed E-state index contributed by atoms with van der Waals surface area (Å²) < 4.78 is 0.971. The highest BCUT2D eigenvalue weighted by Crippen LogP contribution is 2.40. The molecule has 1 saturated heterocycles. The highest BCUT2D eigenvalue weighted by atomic mass is 32.1. The fourth-order valence-electron chi connectivity index (χ4n) is 5.94. The van der Waals surface area contributed by atoms with Gasteiger partial charge in [0.1, 0.15) is 22.8 Å². The molecular weight excluding hydrogens is 550 g/mol. The van der Waals surface area contributed by atoms with Crippen LogP contribution in [0.1, 0.15) is 57.4 Å². The molecule has 1 fully saturated rings. The Balaban J connectivity index is 1.34. The number of H-pyrrole nitrogens is 1. The molecule has 0 atom stereocenters. The van der Waals surface area contributed by atoms with Crippen molar-refractivity contribution in [2.75, 3.05) is 18.0 Å². The van der Waals surface area contributed by atoms with E-state index in [2.05, 4.69) is 35.9 Å². The molecule has 0 radical (unpaired) electrons. The van der Waals surface area contributed by atoms with E-state index in [0.29, 0.717) is 51.1 Å². The van der Waals surface area contributed by atoms with Gasteiger partial charge < -0.3 is 15.0 Å². The zero-order valence-electron chi connectivity index (χ0n) is 23.8. The Morgan fingerprint density at radius 3 is 2.55 bits per heavy atom. The van der Waals surface area contributed by atoms with E-state index in [4.69, 9.17) is 4.98 Å². The highest BCUT2D eigenvalue weighted by Gasteiger charge is 2.41. The number of hydrogen-bond acceptors (Lipinski definition) is 9. The van der Waals surface area contributed by atoms with Crippen molar-refractivity contribution in [3.63, 3.8) is 0 Å². The van der Waals surface area contributed by atoms with Gasteiger partial charge in [-0.15, -0.1) is 11.3 Å². The summed E-state index contributed by atoms with van der Waals surface area (Å²) in [4.78, 5) is 52.9. The first-order valence-electron chi connectivity index (χ1n) is 14.4. The van der Waals surface area contributed by atoms with Gasteiger partial charge in [-0.2, -0.15) is 0 Å². The molecule has 11 heteroatoms. The fraction of sp³-hybridized carbons (Fsp3) is 0.387. The number of carbonyl (C=O) groups excluding carboxylic acids is 1. The standard InChI is InChI=1S/C31H33N7O3S/c1-3-5-21(39)15-25-37-24-14-19(13-23(27(24)42-25)26-22-6-10-32-28(22)36-18-35-26)20-16-33-30(34-17-20)38-11-8-31(7-4-2,9-12-38)29(40)41/h6,10,13-14,16-18H,3-5,7-9,11-12,15H2,1-2H3,(H,40,41)(H,32,35,36). The van der Waals surface area contributed by atoms with Crippen LogP contribution in [0.15, 0.2) is 43.1 Å². The molecule has 1 aliphatic heterocycles. The molecule has 0 amide bonds. The quantitative estimate of drug-likeness (QED) is 0.200. The normalized spacial score (nSPS) is 15.0. The molecule has 0 bridgehead atoms. The van der Waals surface area contributed by atoms with E-state index in [1.165, 1.54) is 11.3 Å². The van der Waals surface area contributed by atoms with E-state index < -0.39 is 11.4 Å². The summed E-state index contributed by atoms with van der Waals surface area (Å²) >= 11 is 1.53. The number of nitrogens with zero attached hydrogens (tertiary/aromatic N) is 6. The summed E-state index contributed by atoms with van der Waals surface area (Å²) in [6, 6.07) is 6.06. The summed E-state index contributed by atoms with van der Waals surface area (Å²) in [5.74, 6) is 0.0862. The number of carboxylic acid groups (broad SMARTS) is 1. The Bertz CT molecular complexity index is 1750. The lowest BCUT2D eigenvalue weighted by molar-refractivity contribution is -0.150. The number of aromatic nitrogens is 6. The van der Waals surface area contributed by atoms with Gasteiger partial charge in [0.05, 0.1) is 27.7 Å². The van der Waals surface area contributed by atoms with Gasteiger partial charge in [-0.3, -0.25) is 9.59 Å². The number of aliphatic carboxylic acids is 1. The topological polar surface area (TPSA) is 138 Å². The summed E-state index contributed by atoms with van der Waals surface area (Å²) in [5, 5.41) is 11.6. The maximum atomic E-state index is 12.4. The van der Waals surface area contributed by atoms with Gasteiger partial charge in [0.25, 0.3) is 0 Å². The van der Waals surface area contributed by atoms with Gasteiger partial charge in [0.2, 0.25) is 5.95 Å². The van der Waals surface area contributed by atoms with Gasteiger partial charge in [-0.1, -0.05) is 20.3 Å². The Kier molecular flexibility index (Phi) is 7.68. The Morgan fingerprint density at radius 1 is 1.05 bits per heavy atom. The van der Waals surface area contributed by atoms with Crippen LogP contribution < -0.4 is 4.90 Å². The molecule has 1 aromatic carbocycles. The van der Waals surface area contributed by atoms with E-state index >= 15 is 0 Å². The number of fused-ring (bicyclic) bond motifs is 2. The summed E-state index contributed by atoms with van der Waals surface area (Å²) in [6.45, 7) is 5.26. The molecular formula is C31H33N7O3S. The van der Waals surface area contributed by atoms with Crippen molar-refractivity contribution in [1.82, 2.24) is 29.9 Å². The first-order chi connectivity index (χ1) is 20.4. The first kappa shape index (κ1) is 27.9. The molecule has 0 saturated carbocycles. The van der Waals surface area contributed by atoms with E-state index in [0.717, 1.165) is 61.5 Å². The number of aromatic amines is 1. The third-order valence-electron chi connectivity index (χ3n) is 8.18. The minimum Gasteiger partial charge on any atom is -0.481 e. The summed E-state index contributed by atoms with van der Waals surface area (Å²) in [7, 11) is 0. The number of rotatable bonds is 10. The predicted octanol–water partition coefficient (Wildman–Crippen LogP) is 6.07. The number of piperidine rings is 1. The molecule has 0 spiro atoms. The van der Waals surface area contributed by atoms with Gasteiger partial charge in [0, 0.05) is 54.6 Å². The van der Waals surface area contributed by atoms with Gasteiger partial charge >= 0.3 is 5.97 Å². The van der Waals surface area contributed by atoms with Crippen molar-refractivity contribution in [3.05, 3.63) is 48.1 Å². The molecule has 10 nitrogen and oxygen atoms in total.